The van der Waals surface area contributed by atoms with Crippen molar-refractivity contribution < 1.29 is 19.1 Å². The van der Waals surface area contributed by atoms with Gasteiger partial charge in [0.05, 0.1) is 0 Å². The van der Waals surface area contributed by atoms with Crippen LogP contribution in [0, 0.1) is 24.7 Å². The summed E-state index contributed by atoms with van der Waals surface area (Å²) < 4.78 is 9.37. The molecule has 0 aromatic carbocycles. The van der Waals surface area contributed by atoms with Crippen molar-refractivity contribution in [1.29, 1.82) is 0 Å². The van der Waals surface area contributed by atoms with Gasteiger partial charge >= 0.3 is 11.9 Å². The number of esters is 2. The second-order valence-electron chi connectivity index (χ2n) is 3.29. The quantitative estimate of drug-likeness (QED) is 0.362. The van der Waals surface area contributed by atoms with Crippen molar-refractivity contribution in [3.63, 3.8) is 0 Å². The Morgan fingerprint density at radius 1 is 0.824 bits per heavy atom. The first-order valence-electron chi connectivity index (χ1n) is 5.39. The molecule has 0 saturated heterocycles. The first-order chi connectivity index (χ1) is 8.20. The molecule has 0 aliphatic heterocycles. The van der Waals surface area contributed by atoms with Crippen molar-refractivity contribution in [1.82, 2.24) is 0 Å². The van der Waals surface area contributed by atoms with Gasteiger partial charge in [-0.15, -0.1) is 12.8 Å². The van der Waals surface area contributed by atoms with Crippen LogP contribution >= 0.6 is 0 Å². The van der Waals surface area contributed by atoms with E-state index in [4.69, 9.17) is 12.8 Å². The molecule has 0 spiro atoms. The molecule has 0 aliphatic carbocycles. The molecule has 0 aliphatic rings. The van der Waals surface area contributed by atoms with E-state index in [2.05, 4.69) is 21.3 Å². The van der Waals surface area contributed by atoms with Gasteiger partial charge in [0.15, 0.2) is 13.2 Å². The largest absolute Gasteiger partial charge is 0.452 e. The average Bonchev–Trinajstić information content (AvgIpc) is 2.33. The van der Waals surface area contributed by atoms with Gasteiger partial charge in [0.2, 0.25) is 0 Å². The molecule has 0 aromatic rings. The zero-order chi connectivity index (χ0) is 12.9. The highest BCUT2D eigenvalue weighted by atomic mass is 16.5. The van der Waals surface area contributed by atoms with Crippen LogP contribution in [0.2, 0.25) is 0 Å². The second-order valence-corrected chi connectivity index (χ2v) is 3.29. The van der Waals surface area contributed by atoms with Crippen molar-refractivity contribution in [2.75, 3.05) is 13.2 Å². The number of carbonyl (C=O) groups is 2. The first-order valence-corrected chi connectivity index (χ1v) is 5.39. The number of hydrogen-bond donors (Lipinski definition) is 0. The standard InChI is InChI=1S/C13H16O4/c1-3-10-16-12(14)8-6-5-7-9-13(15)17-11-4-2/h1-2H,5-11H2. The minimum absolute atomic E-state index is 0.0112. The smallest absolute Gasteiger partial charge is 0.306 e. The van der Waals surface area contributed by atoms with E-state index < -0.39 is 0 Å². The summed E-state index contributed by atoms with van der Waals surface area (Å²) in [6.45, 7) is 0.0223. The number of hydrogen-bond acceptors (Lipinski definition) is 4. The number of rotatable bonds is 8. The molecule has 4 nitrogen and oxygen atoms in total. The molecule has 0 radical (unpaired) electrons. The molecule has 17 heavy (non-hydrogen) atoms. The van der Waals surface area contributed by atoms with Gasteiger partial charge in [-0.2, -0.15) is 0 Å². The summed E-state index contributed by atoms with van der Waals surface area (Å²) in [7, 11) is 0. The summed E-state index contributed by atoms with van der Waals surface area (Å²) in [5, 5.41) is 0. The Kier molecular flexibility index (Phi) is 9.37. The molecule has 0 rings (SSSR count). The highest BCUT2D eigenvalue weighted by molar-refractivity contribution is 5.70. The van der Waals surface area contributed by atoms with Crippen molar-refractivity contribution in [3.8, 4) is 24.7 Å². The number of terminal acetylenes is 2. The molecule has 0 atom stereocenters. The molecular weight excluding hydrogens is 220 g/mol. The zero-order valence-corrected chi connectivity index (χ0v) is 9.74. The van der Waals surface area contributed by atoms with E-state index in [1.54, 1.807) is 0 Å². The fraction of sp³-hybridized carbons (Fsp3) is 0.538. The number of unbranched alkanes of at least 4 members (excludes halogenated alkanes) is 2. The van der Waals surface area contributed by atoms with Crippen LogP contribution in [0.4, 0.5) is 0 Å². The maximum Gasteiger partial charge on any atom is 0.306 e. The molecule has 0 unspecified atom stereocenters. The minimum Gasteiger partial charge on any atom is -0.452 e. The fourth-order valence-corrected chi connectivity index (χ4v) is 1.10. The van der Waals surface area contributed by atoms with E-state index in [-0.39, 0.29) is 25.2 Å². The third-order valence-corrected chi connectivity index (χ3v) is 1.89. The van der Waals surface area contributed by atoms with E-state index in [1.807, 2.05) is 0 Å². The van der Waals surface area contributed by atoms with Gasteiger partial charge < -0.3 is 9.47 Å². The van der Waals surface area contributed by atoms with Crippen molar-refractivity contribution in [3.05, 3.63) is 0 Å². The third kappa shape index (κ3) is 10.3. The molecule has 0 fully saturated rings. The zero-order valence-electron chi connectivity index (χ0n) is 9.74. The normalized spacial score (nSPS) is 8.82. The highest BCUT2D eigenvalue weighted by Crippen LogP contribution is 2.05. The van der Waals surface area contributed by atoms with Gasteiger partial charge in [-0.25, -0.2) is 0 Å². The van der Waals surface area contributed by atoms with Crippen LogP contribution < -0.4 is 0 Å². The van der Waals surface area contributed by atoms with Gasteiger partial charge in [0.25, 0.3) is 0 Å². The highest BCUT2D eigenvalue weighted by Gasteiger charge is 2.04. The summed E-state index contributed by atoms with van der Waals surface area (Å²) in [6.07, 6.45) is 12.6. The lowest BCUT2D eigenvalue weighted by Crippen LogP contribution is -2.05. The summed E-state index contributed by atoms with van der Waals surface area (Å²) in [5.74, 6) is 3.81. The van der Waals surface area contributed by atoms with Crippen LogP contribution in [0.15, 0.2) is 0 Å². The maximum absolute atomic E-state index is 11.0. The Labute approximate surface area is 102 Å². The van der Waals surface area contributed by atoms with Crippen LogP contribution in [-0.4, -0.2) is 25.2 Å². The van der Waals surface area contributed by atoms with E-state index >= 15 is 0 Å². The van der Waals surface area contributed by atoms with Gasteiger partial charge in [-0.3, -0.25) is 9.59 Å². The van der Waals surface area contributed by atoms with Crippen molar-refractivity contribution in [2.45, 2.75) is 32.1 Å². The van der Waals surface area contributed by atoms with Crippen LogP contribution in [0.5, 0.6) is 0 Å². The van der Waals surface area contributed by atoms with Gasteiger partial charge in [0, 0.05) is 12.8 Å². The molecule has 0 amide bonds. The lowest BCUT2D eigenvalue weighted by molar-refractivity contribution is -0.142. The van der Waals surface area contributed by atoms with E-state index in [0.29, 0.717) is 25.7 Å². The molecule has 0 bridgehead atoms. The predicted octanol–water partition coefficient (Wildman–Crippen LogP) is 1.29. The van der Waals surface area contributed by atoms with E-state index in [0.717, 1.165) is 6.42 Å². The molecule has 0 heterocycles. The van der Waals surface area contributed by atoms with Crippen LogP contribution in [0.25, 0.3) is 0 Å². The molecule has 0 saturated carbocycles. The Bertz CT molecular complexity index is 287. The van der Waals surface area contributed by atoms with Gasteiger partial charge in [0.1, 0.15) is 0 Å². The van der Waals surface area contributed by atoms with Crippen LogP contribution in [0.1, 0.15) is 32.1 Å². The Balaban J connectivity index is 3.35. The number of ether oxygens (including phenoxy) is 2. The summed E-state index contributed by atoms with van der Waals surface area (Å²) in [6, 6.07) is 0. The summed E-state index contributed by atoms with van der Waals surface area (Å²) >= 11 is 0. The SMILES string of the molecule is C#CCOC(=O)CCCCCC(=O)OCC#C. The van der Waals surface area contributed by atoms with E-state index in [1.165, 1.54) is 0 Å². The minimum atomic E-state index is -0.308. The van der Waals surface area contributed by atoms with Gasteiger partial charge in [-0.05, 0) is 12.8 Å². The van der Waals surface area contributed by atoms with Crippen LogP contribution in [0.3, 0.4) is 0 Å². The molecule has 4 heteroatoms. The molecular formula is C13H16O4. The lowest BCUT2D eigenvalue weighted by atomic mass is 10.1. The summed E-state index contributed by atoms with van der Waals surface area (Å²) in [5.41, 5.74) is 0. The first kappa shape index (κ1) is 15.1. The Morgan fingerprint density at radius 2 is 1.24 bits per heavy atom. The summed E-state index contributed by atoms with van der Waals surface area (Å²) in [4.78, 5) is 22.0. The topological polar surface area (TPSA) is 52.6 Å². The average molecular weight is 236 g/mol. The van der Waals surface area contributed by atoms with Gasteiger partial charge in [-0.1, -0.05) is 18.3 Å². The lowest BCUT2D eigenvalue weighted by Gasteiger charge is -2.02. The Morgan fingerprint density at radius 3 is 1.59 bits per heavy atom. The van der Waals surface area contributed by atoms with Crippen molar-refractivity contribution >= 4 is 11.9 Å². The van der Waals surface area contributed by atoms with E-state index in [9.17, 15) is 9.59 Å². The maximum atomic E-state index is 11.0. The molecule has 0 aromatic heterocycles. The van der Waals surface area contributed by atoms with Crippen LogP contribution in [-0.2, 0) is 19.1 Å². The van der Waals surface area contributed by atoms with Crippen molar-refractivity contribution in [2.24, 2.45) is 0 Å². The second kappa shape index (κ2) is 10.6. The predicted molar refractivity (Wildman–Crippen MR) is 62.7 cm³/mol. The monoisotopic (exact) mass is 236 g/mol. The molecule has 92 valence electrons. The third-order valence-electron chi connectivity index (χ3n) is 1.89. The fourth-order valence-electron chi connectivity index (χ4n) is 1.10. The number of carbonyl (C=O) groups excluding carboxylic acids is 2. The Hall–Kier alpha value is -1.94. The molecule has 0 N–H and O–H groups in total.